The molecule has 0 radical (unpaired) electrons. The van der Waals surface area contributed by atoms with Gasteiger partial charge in [0.2, 0.25) is 5.91 Å². The van der Waals surface area contributed by atoms with Gasteiger partial charge in [0.15, 0.2) is 6.29 Å². The van der Waals surface area contributed by atoms with E-state index in [2.05, 4.69) is 17.2 Å². The molecule has 5 nitrogen and oxygen atoms in total. The number of aliphatic carboxylic acids is 1. The topological polar surface area (TPSA) is 83.5 Å². The molecule has 0 fully saturated rings. The zero-order valence-corrected chi connectivity index (χ0v) is 10.3. The van der Waals surface area contributed by atoms with E-state index in [9.17, 15) is 14.4 Å². The highest BCUT2D eigenvalue weighted by atomic mass is 16.4. The number of rotatable bonds is 4. The molecule has 1 aromatic carbocycles. The highest BCUT2D eigenvalue weighted by molar-refractivity contribution is 5.82. The predicted octanol–water partition coefficient (Wildman–Crippen LogP) is 0.830. The number of aldehydes is 1. The van der Waals surface area contributed by atoms with Crippen LogP contribution in [0.3, 0.4) is 0 Å². The molecule has 98 valence electrons. The van der Waals surface area contributed by atoms with Gasteiger partial charge in [-0.2, -0.15) is 0 Å². The number of amides is 1. The van der Waals surface area contributed by atoms with E-state index in [1.54, 1.807) is 24.3 Å². The monoisotopic (exact) mass is 259 g/mol. The third-order valence-electron chi connectivity index (χ3n) is 2.29. The fraction of sp³-hybridized carbons (Fsp3) is 0.214. The summed E-state index contributed by atoms with van der Waals surface area (Å²) in [7, 11) is 0. The van der Waals surface area contributed by atoms with Crippen molar-refractivity contribution < 1.29 is 19.5 Å². The Morgan fingerprint density at radius 3 is 2.68 bits per heavy atom. The van der Waals surface area contributed by atoms with Gasteiger partial charge in [-0.1, -0.05) is 30.0 Å². The molecule has 0 aliphatic rings. The number of carboxylic acids is 1. The van der Waals surface area contributed by atoms with Crippen LogP contribution in [-0.4, -0.2) is 29.3 Å². The average Bonchev–Trinajstić information content (AvgIpc) is 2.37. The molecule has 0 bridgehead atoms. The van der Waals surface area contributed by atoms with Crippen LogP contribution in [0.1, 0.15) is 29.3 Å². The molecule has 0 aliphatic carbocycles. The largest absolute Gasteiger partial charge is 0.480 e. The summed E-state index contributed by atoms with van der Waals surface area (Å²) in [4.78, 5) is 32.4. The van der Waals surface area contributed by atoms with Crippen molar-refractivity contribution in [2.45, 2.75) is 19.4 Å². The first-order valence-corrected chi connectivity index (χ1v) is 5.57. The van der Waals surface area contributed by atoms with Gasteiger partial charge in [-0.25, -0.2) is 4.79 Å². The normalized spacial score (nSPS) is 10.8. The van der Waals surface area contributed by atoms with Crippen LogP contribution >= 0.6 is 0 Å². The van der Waals surface area contributed by atoms with Gasteiger partial charge in [0.05, 0.1) is 0 Å². The van der Waals surface area contributed by atoms with E-state index in [-0.39, 0.29) is 6.42 Å². The van der Waals surface area contributed by atoms with Crippen LogP contribution in [0.25, 0.3) is 0 Å². The highest BCUT2D eigenvalue weighted by Crippen LogP contribution is 2.04. The molecule has 0 saturated heterocycles. The molecule has 2 N–H and O–H groups in total. The fourth-order valence-electron chi connectivity index (χ4n) is 1.41. The quantitative estimate of drug-likeness (QED) is 0.619. The first-order valence-electron chi connectivity index (χ1n) is 5.57. The van der Waals surface area contributed by atoms with Crippen molar-refractivity contribution >= 4 is 18.2 Å². The summed E-state index contributed by atoms with van der Waals surface area (Å²) >= 11 is 0. The number of hydrogen-bond donors (Lipinski definition) is 2. The smallest absolute Gasteiger partial charge is 0.327 e. The second kappa shape index (κ2) is 6.97. The molecule has 1 aromatic rings. The van der Waals surface area contributed by atoms with Gasteiger partial charge in [-0.3, -0.25) is 9.59 Å². The number of nitrogens with one attached hydrogen (secondary N) is 1. The molecular weight excluding hydrogens is 246 g/mol. The van der Waals surface area contributed by atoms with Gasteiger partial charge in [0.1, 0.15) is 6.04 Å². The van der Waals surface area contributed by atoms with Crippen LogP contribution < -0.4 is 5.32 Å². The maximum Gasteiger partial charge on any atom is 0.327 e. The Morgan fingerprint density at radius 1 is 1.42 bits per heavy atom. The molecule has 1 amide bonds. The van der Waals surface area contributed by atoms with Crippen LogP contribution in [0.2, 0.25) is 0 Å². The SMILES string of the molecule is CC(=O)NC(CC#Cc1ccccc1C=O)C(=O)O. The van der Waals surface area contributed by atoms with E-state index in [0.717, 1.165) is 0 Å². The minimum absolute atomic E-state index is 0.0257. The van der Waals surface area contributed by atoms with E-state index in [0.29, 0.717) is 17.4 Å². The van der Waals surface area contributed by atoms with Crippen molar-refractivity contribution in [3.63, 3.8) is 0 Å². The summed E-state index contributed by atoms with van der Waals surface area (Å²) in [6.07, 6.45) is 0.661. The lowest BCUT2D eigenvalue weighted by atomic mass is 10.1. The zero-order chi connectivity index (χ0) is 14.3. The van der Waals surface area contributed by atoms with Crippen LogP contribution in [0.5, 0.6) is 0 Å². The van der Waals surface area contributed by atoms with Gasteiger partial charge in [0.25, 0.3) is 0 Å². The number of carbonyl (C=O) groups excluding carboxylic acids is 2. The molecular formula is C14H13NO4. The lowest BCUT2D eigenvalue weighted by Gasteiger charge is -2.08. The van der Waals surface area contributed by atoms with Gasteiger partial charge in [0, 0.05) is 24.5 Å². The van der Waals surface area contributed by atoms with Gasteiger partial charge >= 0.3 is 5.97 Å². The van der Waals surface area contributed by atoms with E-state index >= 15 is 0 Å². The minimum atomic E-state index is -1.15. The maximum absolute atomic E-state index is 10.9. The van der Waals surface area contributed by atoms with Crippen LogP contribution in [0.4, 0.5) is 0 Å². The lowest BCUT2D eigenvalue weighted by Crippen LogP contribution is -2.39. The molecule has 1 atom stereocenters. The standard InChI is InChI=1S/C14H13NO4/c1-10(17)15-13(14(18)19)8-4-7-11-5-2-3-6-12(11)9-16/h2-3,5-6,9,13H,8H2,1H3,(H,15,17)(H,18,19). The molecule has 1 rings (SSSR count). The molecule has 1 unspecified atom stereocenters. The first-order chi connectivity index (χ1) is 9.04. The summed E-state index contributed by atoms with van der Waals surface area (Å²) in [5, 5.41) is 11.2. The molecule has 5 heteroatoms. The Labute approximate surface area is 110 Å². The summed E-state index contributed by atoms with van der Waals surface area (Å²) in [5.74, 6) is 3.81. The van der Waals surface area contributed by atoms with Crippen molar-refractivity contribution in [3.8, 4) is 11.8 Å². The summed E-state index contributed by atoms with van der Waals surface area (Å²) in [6.45, 7) is 1.24. The summed E-state index contributed by atoms with van der Waals surface area (Å²) in [5.41, 5.74) is 0.978. The van der Waals surface area contributed by atoms with Crippen LogP contribution in [0, 0.1) is 11.8 Å². The second-order valence-electron chi connectivity index (χ2n) is 3.80. The molecule has 0 heterocycles. The summed E-state index contributed by atoms with van der Waals surface area (Å²) in [6, 6.07) is 5.70. The van der Waals surface area contributed by atoms with Gasteiger partial charge < -0.3 is 10.4 Å². The fourth-order valence-corrected chi connectivity index (χ4v) is 1.41. The Morgan fingerprint density at radius 2 is 2.11 bits per heavy atom. The lowest BCUT2D eigenvalue weighted by molar-refractivity contribution is -0.141. The van der Waals surface area contributed by atoms with E-state index in [1.165, 1.54) is 6.92 Å². The van der Waals surface area contributed by atoms with Crippen molar-refractivity contribution in [1.82, 2.24) is 5.32 Å². The second-order valence-corrected chi connectivity index (χ2v) is 3.80. The minimum Gasteiger partial charge on any atom is -0.480 e. The zero-order valence-electron chi connectivity index (χ0n) is 10.3. The number of carbonyl (C=O) groups is 3. The highest BCUT2D eigenvalue weighted by Gasteiger charge is 2.16. The van der Waals surface area contributed by atoms with Gasteiger partial charge in [-0.15, -0.1) is 0 Å². The summed E-state index contributed by atoms with van der Waals surface area (Å²) < 4.78 is 0. The Balaban J connectivity index is 2.79. The van der Waals surface area contributed by atoms with E-state index in [1.807, 2.05) is 0 Å². The maximum atomic E-state index is 10.9. The molecule has 0 saturated carbocycles. The Hall–Kier alpha value is -2.61. The average molecular weight is 259 g/mol. The number of carboxylic acid groups (broad SMARTS) is 1. The first kappa shape index (κ1) is 14.5. The van der Waals surface area contributed by atoms with Crippen molar-refractivity contribution in [2.24, 2.45) is 0 Å². The van der Waals surface area contributed by atoms with Crippen LogP contribution in [0.15, 0.2) is 24.3 Å². The third-order valence-corrected chi connectivity index (χ3v) is 2.29. The number of hydrogen-bond acceptors (Lipinski definition) is 3. The van der Waals surface area contributed by atoms with E-state index in [4.69, 9.17) is 5.11 Å². The van der Waals surface area contributed by atoms with E-state index < -0.39 is 17.9 Å². The Bertz CT molecular complexity index is 554. The Kier molecular flexibility index (Phi) is 5.30. The van der Waals surface area contributed by atoms with Crippen molar-refractivity contribution in [2.75, 3.05) is 0 Å². The predicted molar refractivity (Wildman–Crippen MR) is 68.6 cm³/mol. The molecule has 0 aliphatic heterocycles. The molecule has 0 spiro atoms. The van der Waals surface area contributed by atoms with Crippen LogP contribution in [-0.2, 0) is 9.59 Å². The number of benzene rings is 1. The van der Waals surface area contributed by atoms with Crippen molar-refractivity contribution in [3.05, 3.63) is 35.4 Å². The molecule has 0 aromatic heterocycles. The third kappa shape index (κ3) is 4.64. The van der Waals surface area contributed by atoms with Crippen molar-refractivity contribution in [1.29, 1.82) is 0 Å². The van der Waals surface area contributed by atoms with Gasteiger partial charge in [-0.05, 0) is 6.07 Å². The molecule has 19 heavy (non-hydrogen) atoms.